The van der Waals surface area contributed by atoms with Crippen molar-refractivity contribution >= 4 is 26.7 Å². The number of fused-ring (bicyclic) bond motifs is 1. The fourth-order valence-electron chi connectivity index (χ4n) is 4.13. The lowest BCUT2D eigenvalue weighted by molar-refractivity contribution is 0.0946. The van der Waals surface area contributed by atoms with E-state index in [2.05, 4.69) is 5.32 Å². The molecule has 1 amide bonds. The van der Waals surface area contributed by atoms with Gasteiger partial charge in [-0.2, -0.15) is 4.31 Å². The molecule has 1 saturated heterocycles. The van der Waals surface area contributed by atoms with Crippen molar-refractivity contribution in [3.63, 3.8) is 0 Å². The van der Waals surface area contributed by atoms with Crippen LogP contribution in [0.15, 0.2) is 65.6 Å². The predicted octanol–water partition coefficient (Wildman–Crippen LogP) is 4.52. The number of sulfonamides is 1. The van der Waals surface area contributed by atoms with Crippen molar-refractivity contribution in [1.82, 2.24) is 9.62 Å². The summed E-state index contributed by atoms with van der Waals surface area (Å²) in [5, 5.41) is 5.06. The Morgan fingerprint density at radius 1 is 0.939 bits per heavy atom. The smallest absolute Gasteiger partial charge is 0.251 e. The van der Waals surface area contributed by atoms with E-state index >= 15 is 0 Å². The van der Waals surface area contributed by atoms with Gasteiger partial charge in [0.2, 0.25) is 10.0 Å². The molecule has 1 heterocycles. The monoisotopic (exact) mass is 466 g/mol. The molecule has 4 rings (SSSR count). The van der Waals surface area contributed by atoms with Crippen LogP contribution >= 0.6 is 0 Å². The molecule has 1 N–H and O–H groups in total. The average molecular weight is 467 g/mol. The number of benzene rings is 3. The second kappa shape index (κ2) is 10.4. The molecular weight excluding hydrogens is 436 g/mol. The van der Waals surface area contributed by atoms with Crippen molar-refractivity contribution in [2.75, 3.05) is 26.2 Å². The number of hydrogen-bond acceptors (Lipinski definition) is 4. The van der Waals surface area contributed by atoms with Crippen molar-refractivity contribution in [3.8, 4) is 5.75 Å². The number of rotatable bonds is 7. The van der Waals surface area contributed by atoms with Crippen LogP contribution in [0.1, 0.15) is 41.6 Å². The molecule has 3 aromatic carbocycles. The second-order valence-corrected chi connectivity index (χ2v) is 10.3. The molecule has 33 heavy (non-hydrogen) atoms. The summed E-state index contributed by atoms with van der Waals surface area (Å²) in [4.78, 5) is 12.9. The molecule has 7 heteroatoms. The van der Waals surface area contributed by atoms with Crippen molar-refractivity contribution in [2.24, 2.45) is 0 Å². The van der Waals surface area contributed by atoms with Gasteiger partial charge in [0.05, 0.1) is 11.4 Å². The normalized spacial score (nSPS) is 15.2. The molecular formula is C26H30N2O4S. The molecule has 0 aromatic heterocycles. The number of ether oxygens (including phenoxy) is 1. The lowest BCUT2D eigenvalue weighted by Crippen LogP contribution is -2.33. The van der Waals surface area contributed by atoms with E-state index in [1.54, 1.807) is 23.4 Å². The summed E-state index contributed by atoms with van der Waals surface area (Å²) >= 11 is 0. The highest BCUT2D eigenvalue weighted by atomic mass is 32.2. The Morgan fingerprint density at radius 2 is 1.67 bits per heavy atom. The summed E-state index contributed by atoms with van der Waals surface area (Å²) in [7, 11) is -3.62. The van der Waals surface area contributed by atoms with Crippen LogP contribution in [-0.2, 0) is 10.0 Å². The van der Waals surface area contributed by atoms with Gasteiger partial charge in [-0.15, -0.1) is 0 Å². The van der Waals surface area contributed by atoms with E-state index in [0.717, 1.165) is 42.2 Å². The highest BCUT2D eigenvalue weighted by Crippen LogP contribution is 2.24. The number of carbonyl (C=O) groups is 1. The van der Waals surface area contributed by atoms with Crippen LogP contribution in [0.4, 0.5) is 0 Å². The van der Waals surface area contributed by atoms with Crippen LogP contribution in [-0.4, -0.2) is 44.9 Å². The molecule has 6 nitrogen and oxygen atoms in total. The minimum atomic E-state index is -3.62. The topological polar surface area (TPSA) is 75.7 Å². The largest absolute Gasteiger partial charge is 0.492 e. The van der Waals surface area contributed by atoms with Gasteiger partial charge in [-0.05, 0) is 60.4 Å². The van der Waals surface area contributed by atoms with Crippen molar-refractivity contribution in [2.45, 2.75) is 37.5 Å². The maximum absolute atomic E-state index is 13.2. The molecule has 0 bridgehead atoms. The Balaban J connectivity index is 1.37. The predicted molar refractivity (Wildman–Crippen MR) is 130 cm³/mol. The van der Waals surface area contributed by atoms with E-state index in [4.69, 9.17) is 4.74 Å². The zero-order valence-corrected chi connectivity index (χ0v) is 19.7. The zero-order chi connectivity index (χ0) is 23.3. The van der Waals surface area contributed by atoms with Gasteiger partial charge in [0.15, 0.2) is 0 Å². The molecule has 3 aromatic rings. The quantitative estimate of drug-likeness (QED) is 0.520. The first-order chi connectivity index (χ1) is 15.9. The Hall–Kier alpha value is -2.90. The third-order valence-corrected chi connectivity index (χ3v) is 8.05. The van der Waals surface area contributed by atoms with Crippen LogP contribution < -0.4 is 10.1 Å². The van der Waals surface area contributed by atoms with Gasteiger partial charge in [0, 0.05) is 18.7 Å². The summed E-state index contributed by atoms with van der Waals surface area (Å²) in [6.07, 6.45) is 3.84. The summed E-state index contributed by atoms with van der Waals surface area (Å²) in [6.45, 7) is 3.46. The van der Waals surface area contributed by atoms with E-state index in [0.29, 0.717) is 37.4 Å². The van der Waals surface area contributed by atoms with Crippen molar-refractivity contribution < 1.29 is 17.9 Å². The van der Waals surface area contributed by atoms with E-state index in [1.807, 2.05) is 42.5 Å². The summed E-state index contributed by atoms with van der Waals surface area (Å²) < 4.78 is 33.8. The molecule has 1 fully saturated rings. The highest BCUT2D eigenvalue weighted by Gasteiger charge is 2.27. The second-order valence-electron chi connectivity index (χ2n) is 8.41. The van der Waals surface area contributed by atoms with Gasteiger partial charge in [0.1, 0.15) is 12.4 Å². The van der Waals surface area contributed by atoms with E-state index in [-0.39, 0.29) is 10.8 Å². The summed E-state index contributed by atoms with van der Waals surface area (Å²) in [6, 6.07) is 18.8. The number of hydrogen-bond donors (Lipinski definition) is 1. The van der Waals surface area contributed by atoms with Crippen LogP contribution in [0.2, 0.25) is 0 Å². The maximum Gasteiger partial charge on any atom is 0.251 e. The third kappa shape index (κ3) is 5.54. The molecule has 1 aliphatic heterocycles. The van der Waals surface area contributed by atoms with Gasteiger partial charge in [-0.1, -0.05) is 49.2 Å². The lowest BCUT2D eigenvalue weighted by atomic mass is 10.1. The lowest BCUT2D eigenvalue weighted by Gasteiger charge is -2.21. The molecule has 0 spiro atoms. The third-order valence-electron chi connectivity index (χ3n) is 6.01. The van der Waals surface area contributed by atoms with E-state index in [1.165, 1.54) is 6.07 Å². The first-order valence-corrected chi connectivity index (χ1v) is 12.9. The molecule has 0 radical (unpaired) electrons. The summed E-state index contributed by atoms with van der Waals surface area (Å²) in [5.74, 6) is 0.425. The minimum absolute atomic E-state index is 0.212. The minimum Gasteiger partial charge on any atom is -0.492 e. The molecule has 0 aliphatic carbocycles. The molecule has 0 unspecified atom stereocenters. The van der Waals surface area contributed by atoms with Crippen molar-refractivity contribution in [3.05, 3.63) is 71.8 Å². The van der Waals surface area contributed by atoms with Gasteiger partial charge >= 0.3 is 0 Å². The molecule has 0 saturated carbocycles. The number of aryl methyl sites for hydroxylation is 1. The standard InChI is InChI=1S/C26H30N2O4S/c1-20-10-11-23(19-25(20)33(30,31)28-15-6-2-3-7-16-28)26(29)27-14-17-32-24-13-12-21-8-4-5-9-22(21)18-24/h4-5,8-13,18-19H,2-3,6-7,14-17H2,1H3,(H,27,29). The van der Waals surface area contributed by atoms with Crippen LogP contribution in [0.3, 0.4) is 0 Å². The Labute approximate surface area is 195 Å². The number of carbonyl (C=O) groups excluding carboxylic acids is 1. The average Bonchev–Trinajstić information content (AvgIpc) is 3.12. The Morgan fingerprint density at radius 3 is 2.42 bits per heavy atom. The first kappa shape index (κ1) is 23.3. The fourth-order valence-corrected chi connectivity index (χ4v) is 5.90. The number of nitrogens with zero attached hydrogens (tertiary/aromatic N) is 1. The van der Waals surface area contributed by atoms with E-state index in [9.17, 15) is 13.2 Å². The first-order valence-electron chi connectivity index (χ1n) is 11.5. The molecule has 0 atom stereocenters. The zero-order valence-electron chi connectivity index (χ0n) is 18.9. The van der Waals surface area contributed by atoms with E-state index < -0.39 is 10.0 Å². The van der Waals surface area contributed by atoms with Crippen LogP contribution in [0.25, 0.3) is 10.8 Å². The van der Waals surface area contributed by atoms with Crippen LogP contribution in [0, 0.1) is 6.92 Å². The Kier molecular flexibility index (Phi) is 7.30. The summed E-state index contributed by atoms with van der Waals surface area (Å²) in [5.41, 5.74) is 0.982. The molecule has 1 aliphatic rings. The van der Waals surface area contributed by atoms with Crippen LogP contribution in [0.5, 0.6) is 5.75 Å². The molecule has 174 valence electrons. The Bertz CT molecular complexity index is 1230. The van der Waals surface area contributed by atoms with Gasteiger partial charge in [0.25, 0.3) is 5.91 Å². The highest BCUT2D eigenvalue weighted by molar-refractivity contribution is 7.89. The number of nitrogens with one attached hydrogen (secondary N) is 1. The van der Waals surface area contributed by atoms with Crippen molar-refractivity contribution in [1.29, 1.82) is 0 Å². The maximum atomic E-state index is 13.2. The van der Waals surface area contributed by atoms with Gasteiger partial charge < -0.3 is 10.1 Å². The van der Waals surface area contributed by atoms with Gasteiger partial charge in [-0.3, -0.25) is 4.79 Å². The SMILES string of the molecule is Cc1ccc(C(=O)NCCOc2ccc3ccccc3c2)cc1S(=O)(=O)N1CCCCCC1. The fraction of sp³-hybridized carbons (Fsp3) is 0.346. The van der Waals surface area contributed by atoms with Gasteiger partial charge in [-0.25, -0.2) is 8.42 Å². The number of amides is 1.